The molecule has 0 fully saturated rings. The predicted octanol–water partition coefficient (Wildman–Crippen LogP) is 5.06. The molecule has 1 aromatic heterocycles. The van der Waals surface area contributed by atoms with Crippen LogP contribution in [-0.4, -0.2) is 30.5 Å². The summed E-state index contributed by atoms with van der Waals surface area (Å²) < 4.78 is 11.9. The van der Waals surface area contributed by atoms with E-state index in [0.29, 0.717) is 20.8 Å². The highest BCUT2D eigenvalue weighted by atomic mass is 32.1. The average molecular weight is 455 g/mol. The summed E-state index contributed by atoms with van der Waals surface area (Å²) in [5.41, 5.74) is 2.75. The third kappa shape index (κ3) is 4.91. The Kier molecular flexibility index (Phi) is 7.15. The number of carbonyl (C=O) groups excluding carboxylic acids is 3. The molecular formula is C24H26N2O5S. The van der Waals surface area contributed by atoms with Gasteiger partial charge in [0.2, 0.25) is 5.91 Å². The second kappa shape index (κ2) is 9.82. The quantitative estimate of drug-likeness (QED) is 0.487. The fraction of sp³-hybridized carbons (Fsp3) is 0.292. The molecule has 0 spiro atoms. The lowest BCUT2D eigenvalue weighted by Crippen LogP contribution is -2.30. The minimum absolute atomic E-state index is 0.209. The van der Waals surface area contributed by atoms with Gasteiger partial charge in [0.1, 0.15) is 16.3 Å². The molecule has 8 heteroatoms. The molecule has 0 aliphatic carbocycles. The van der Waals surface area contributed by atoms with Crippen molar-refractivity contribution in [2.24, 2.45) is 0 Å². The van der Waals surface area contributed by atoms with Crippen LogP contribution in [0.5, 0.6) is 5.75 Å². The van der Waals surface area contributed by atoms with Crippen molar-refractivity contribution >= 4 is 49.9 Å². The number of aryl methyl sites for hydroxylation is 2. The number of anilines is 2. The molecule has 0 unspecified atom stereocenters. The van der Waals surface area contributed by atoms with Crippen LogP contribution >= 0.6 is 11.3 Å². The highest BCUT2D eigenvalue weighted by Gasteiger charge is 2.25. The topological polar surface area (TPSA) is 93.7 Å². The fourth-order valence-corrected chi connectivity index (χ4v) is 4.49. The monoisotopic (exact) mass is 454 g/mol. The molecule has 2 N–H and O–H groups in total. The van der Waals surface area contributed by atoms with E-state index < -0.39 is 12.1 Å². The number of thiophene rings is 1. The number of amides is 2. The van der Waals surface area contributed by atoms with Gasteiger partial charge in [-0.2, -0.15) is 0 Å². The van der Waals surface area contributed by atoms with Crippen molar-refractivity contribution in [1.29, 1.82) is 0 Å². The van der Waals surface area contributed by atoms with Gasteiger partial charge in [0.05, 0.1) is 11.3 Å². The summed E-state index contributed by atoms with van der Waals surface area (Å²) in [6.45, 7) is 8.75. The highest BCUT2D eigenvalue weighted by Crippen LogP contribution is 2.43. The standard InChI is InChI=1S/C24H26N2O5S/c1-6-30-24(29)19-17-12-11-14(3)20(21(17)32-23(19)25-16(5)27)31-15(4)22(28)26-18-10-8-7-9-13(18)2/h7-12,15H,6H2,1-5H3,(H,25,27)(H,26,28)/t15-/m1/s1. The van der Waals surface area contributed by atoms with Gasteiger partial charge in [0, 0.05) is 18.0 Å². The van der Waals surface area contributed by atoms with Crippen LogP contribution in [0.1, 0.15) is 42.3 Å². The Balaban J connectivity index is 1.98. The molecule has 0 aliphatic heterocycles. The summed E-state index contributed by atoms with van der Waals surface area (Å²) in [5.74, 6) is -0.628. The van der Waals surface area contributed by atoms with E-state index in [9.17, 15) is 14.4 Å². The number of nitrogens with one attached hydrogen (secondary N) is 2. The van der Waals surface area contributed by atoms with Gasteiger partial charge in [-0.15, -0.1) is 11.3 Å². The molecule has 2 amide bonds. The molecular weight excluding hydrogens is 428 g/mol. The van der Waals surface area contributed by atoms with Gasteiger partial charge in [-0.3, -0.25) is 9.59 Å². The normalized spacial score (nSPS) is 11.7. The zero-order valence-corrected chi connectivity index (χ0v) is 19.5. The third-order valence-electron chi connectivity index (χ3n) is 4.85. The zero-order chi connectivity index (χ0) is 23.4. The van der Waals surface area contributed by atoms with Crippen molar-refractivity contribution in [3.05, 3.63) is 53.1 Å². The van der Waals surface area contributed by atoms with Crippen molar-refractivity contribution in [3.8, 4) is 5.75 Å². The number of esters is 1. The van der Waals surface area contributed by atoms with E-state index in [1.807, 2.05) is 44.2 Å². The number of hydrogen-bond acceptors (Lipinski definition) is 6. The Hall–Kier alpha value is -3.39. The number of ether oxygens (including phenoxy) is 2. The summed E-state index contributed by atoms with van der Waals surface area (Å²) >= 11 is 1.22. The Morgan fingerprint density at radius 3 is 2.41 bits per heavy atom. The zero-order valence-electron chi connectivity index (χ0n) is 18.7. The lowest BCUT2D eigenvalue weighted by atomic mass is 10.1. The second-order valence-corrected chi connectivity index (χ2v) is 8.38. The molecule has 0 saturated heterocycles. The molecule has 2 aromatic carbocycles. The Bertz CT molecular complexity index is 1180. The Labute approximate surface area is 190 Å². The van der Waals surface area contributed by atoms with Gasteiger partial charge in [-0.25, -0.2) is 4.79 Å². The average Bonchev–Trinajstić information content (AvgIpc) is 3.09. The molecule has 1 heterocycles. The smallest absolute Gasteiger partial charge is 0.341 e. The van der Waals surface area contributed by atoms with Crippen molar-refractivity contribution in [1.82, 2.24) is 0 Å². The van der Waals surface area contributed by atoms with E-state index in [1.165, 1.54) is 18.3 Å². The first-order valence-corrected chi connectivity index (χ1v) is 11.1. The molecule has 168 valence electrons. The molecule has 0 radical (unpaired) electrons. The van der Waals surface area contributed by atoms with Crippen LogP contribution in [0.3, 0.4) is 0 Å². The SMILES string of the molecule is CCOC(=O)c1c(NC(C)=O)sc2c(O[C@H](C)C(=O)Nc3ccccc3C)c(C)ccc12. The van der Waals surface area contributed by atoms with Gasteiger partial charge < -0.3 is 20.1 Å². The van der Waals surface area contributed by atoms with Gasteiger partial charge in [-0.05, 0) is 44.9 Å². The van der Waals surface area contributed by atoms with E-state index >= 15 is 0 Å². The van der Waals surface area contributed by atoms with Crippen LogP contribution in [0, 0.1) is 13.8 Å². The summed E-state index contributed by atoms with van der Waals surface area (Å²) in [6, 6.07) is 11.1. The van der Waals surface area contributed by atoms with Crippen LogP contribution in [0.4, 0.5) is 10.7 Å². The molecule has 7 nitrogen and oxygen atoms in total. The van der Waals surface area contributed by atoms with E-state index in [1.54, 1.807) is 19.9 Å². The van der Waals surface area contributed by atoms with E-state index in [-0.39, 0.29) is 24.0 Å². The number of fused-ring (bicyclic) bond motifs is 1. The molecule has 3 aromatic rings. The minimum atomic E-state index is -0.795. The molecule has 32 heavy (non-hydrogen) atoms. The Morgan fingerprint density at radius 2 is 1.75 bits per heavy atom. The number of benzene rings is 2. The number of para-hydroxylation sites is 1. The molecule has 0 aliphatic rings. The van der Waals surface area contributed by atoms with Gasteiger partial charge >= 0.3 is 5.97 Å². The lowest BCUT2D eigenvalue weighted by molar-refractivity contribution is -0.122. The summed E-state index contributed by atoms with van der Waals surface area (Å²) in [5, 5.41) is 6.58. The minimum Gasteiger partial charge on any atom is -0.479 e. The Morgan fingerprint density at radius 1 is 1.03 bits per heavy atom. The van der Waals surface area contributed by atoms with Crippen molar-refractivity contribution in [2.45, 2.75) is 40.7 Å². The number of carbonyl (C=O) groups is 3. The van der Waals surface area contributed by atoms with E-state index in [4.69, 9.17) is 9.47 Å². The van der Waals surface area contributed by atoms with Crippen LogP contribution in [0.2, 0.25) is 0 Å². The van der Waals surface area contributed by atoms with Crippen molar-refractivity contribution in [2.75, 3.05) is 17.2 Å². The fourth-order valence-electron chi connectivity index (χ4n) is 3.21. The van der Waals surface area contributed by atoms with Gasteiger partial charge in [0.15, 0.2) is 6.10 Å². The molecule has 0 bridgehead atoms. The van der Waals surface area contributed by atoms with Gasteiger partial charge in [0.25, 0.3) is 5.91 Å². The molecule has 0 saturated carbocycles. The van der Waals surface area contributed by atoms with Crippen LogP contribution in [0.25, 0.3) is 10.1 Å². The summed E-state index contributed by atoms with van der Waals surface area (Å²) in [4.78, 5) is 37.1. The maximum atomic E-state index is 12.8. The van der Waals surface area contributed by atoms with Crippen LogP contribution in [-0.2, 0) is 14.3 Å². The lowest BCUT2D eigenvalue weighted by Gasteiger charge is -2.17. The summed E-state index contributed by atoms with van der Waals surface area (Å²) in [7, 11) is 0. The molecule has 1 atom stereocenters. The van der Waals surface area contributed by atoms with Crippen LogP contribution < -0.4 is 15.4 Å². The van der Waals surface area contributed by atoms with Crippen LogP contribution in [0.15, 0.2) is 36.4 Å². The predicted molar refractivity (Wildman–Crippen MR) is 127 cm³/mol. The largest absolute Gasteiger partial charge is 0.479 e. The van der Waals surface area contributed by atoms with Gasteiger partial charge in [-0.1, -0.05) is 30.3 Å². The first kappa shape index (κ1) is 23.3. The van der Waals surface area contributed by atoms with Crippen molar-refractivity contribution in [3.63, 3.8) is 0 Å². The number of hydrogen-bond donors (Lipinski definition) is 2. The highest BCUT2D eigenvalue weighted by molar-refractivity contribution is 7.24. The number of rotatable bonds is 7. The maximum Gasteiger partial charge on any atom is 0.341 e. The summed E-state index contributed by atoms with van der Waals surface area (Å²) in [6.07, 6.45) is -0.795. The second-order valence-electron chi connectivity index (χ2n) is 7.36. The van der Waals surface area contributed by atoms with E-state index in [2.05, 4.69) is 10.6 Å². The maximum absolute atomic E-state index is 12.8. The molecule has 3 rings (SSSR count). The first-order valence-electron chi connectivity index (χ1n) is 10.3. The van der Waals surface area contributed by atoms with E-state index in [0.717, 1.165) is 16.8 Å². The first-order chi connectivity index (χ1) is 15.2. The third-order valence-corrected chi connectivity index (χ3v) is 5.97. The van der Waals surface area contributed by atoms with Crippen molar-refractivity contribution < 1.29 is 23.9 Å².